The van der Waals surface area contributed by atoms with Crippen molar-refractivity contribution in [2.24, 2.45) is 4.40 Å². The van der Waals surface area contributed by atoms with Gasteiger partial charge in [0.15, 0.2) is 0 Å². The molecule has 0 atom stereocenters. The molecule has 0 heterocycles. The van der Waals surface area contributed by atoms with Crippen molar-refractivity contribution in [1.29, 1.82) is 0 Å². The van der Waals surface area contributed by atoms with Crippen molar-refractivity contribution in [3.05, 3.63) is 59.9 Å². The second kappa shape index (κ2) is 6.62. The van der Waals surface area contributed by atoms with Crippen molar-refractivity contribution >= 4 is 27.3 Å². The lowest BCUT2D eigenvalue weighted by atomic mass is 10.1. The van der Waals surface area contributed by atoms with E-state index < -0.39 is 10.0 Å². The molecule has 0 aliphatic heterocycles. The Morgan fingerprint density at radius 2 is 1.61 bits per heavy atom. The number of carbonyl (C=O) groups excluding carboxylic acids is 1. The van der Waals surface area contributed by atoms with Crippen LogP contribution in [0.2, 0.25) is 0 Å². The molecule has 0 unspecified atom stereocenters. The molecule has 0 aromatic heterocycles. The van der Waals surface area contributed by atoms with Crippen molar-refractivity contribution in [2.75, 3.05) is 5.32 Å². The molecule has 1 aromatic carbocycles. The highest BCUT2D eigenvalue weighted by Gasteiger charge is 2.13. The lowest BCUT2D eigenvalue weighted by Gasteiger charge is -2.11. The molecule has 6 nitrogen and oxygen atoms in total. The molecule has 7 heteroatoms. The number of allylic oxidation sites excluding steroid dienone is 6. The number of anilines is 1. The van der Waals surface area contributed by atoms with E-state index in [1.165, 1.54) is 62.4 Å². The molecule has 1 N–H and O–H groups in total. The van der Waals surface area contributed by atoms with Crippen LogP contribution in [-0.4, -0.2) is 20.0 Å². The van der Waals surface area contributed by atoms with Gasteiger partial charge >= 0.3 is 0 Å². The zero-order valence-electron chi connectivity index (χ0n) is 12.6. The summed E-state index contributed by atoms with van der Waals surface area (Å²) < 4.78 is 28.2. The summed E-state index contributed by atoms with van der Waals surface area (Å²) >= 11 is 0. The largest absolute Gasteiger partial charge is 0.875 e. The quantitative estimate of drug-likeness (QED) is 0.849. The first kappa shape index (κ1) is 16.7. The van der Waals surface area contributed by atoms with Crippen molar-refractivity contribution < 1.29 is 18.3 Å². The molecule has 0 spiro atoms. The highest BCUT2D eigenvalue weighted by Crippen LogP contribution is 2.18. The number of hydrogen-bond acceptors (Lipinski definition) is 4. The average molecular weight is 331 g/mol. The molecule has 1 aromatic rings. The standard InChI is InChI=1S/C16H16N2O4S/c1-11(19)13-3-5-15(6-4-13)18-23(21,22)16-9-7-14(8-10-16)17-12(2)20/h3-10,19H,1-2H3,(H,17,20)/p-1. The van der Waals surface area contributed by atoms with Gasteiger partial charge in [-0.3, -0.25) is 4.79 Å². The molecule has 120 valence electrons. The van der Waals surface area contributed by atoms with Crippen molar-refractivity contribution in [3.63, 3.8) is 0 Å². The smallest absolute Gasteiger partial charge is 0.282 e. The summed E-state index contributed by atoms with van der Waals surface area (Å²) in [5.74, 6) is -0.344. The minimum absolute atomic E-state index is 0.0160. The Kier molecular flexibility index (Phi) is 4.80. The number of benzene rings is 1. The predicted molar refractivity (Wildman–Crippen MR) is 86.3 cm³/mol. The van der Waals surface area contributed by atoms with Gasteiger partial charge in [-0.1, -0.05) is 19.1 Å². The van der Waals surface area contributed by atoms with Gasteiger partial charge in [-0.05, 0) is 42.0 Å². The van der Waals surface area contributed by atoms with E-state index in [4.69, 9.17) is 0 Å². The van der Waals surface area contributed by atoms with Crippen LogP contribution in [0, 0.1) is 0 Å². The van der Waals surface area contributed by atoms with Crippen LogP contribution < -0.4 is 10.4 Å². The fourth-order valence-corrected chi connectivity index (χ4v) is 2.85. The second-order valence-electron chi connectivity index (χ2n) is 4.87. The summed E-state index contributed by atoms with van der Waals surface area (Å²) in [5, 5.41) is 13.7. The molecule has 0 saturated carbocycles. The number of rotatable bonds is 3. The van der Waals surface area contributed by atoms with Crippen molar-refractivity contribution in [3.8, 4) is 0 Å². The summed E-state index contributed by atoms with van der Waals surface area (Å²) in [4.78, 5) is 11.0. The summed E-state index contributed by atoms with van der Waals surface area (Å²) in [6, 6.07) is 5.72. The maximum absolute atomic E-state index is 12.2. The normalized spacial score (nSPS) is 13.8. The molecule has 1 aliphatic carbocycles. The number of amides is 1. The number of hydrogen-bond donors (Lipinski definition) is 1. The fraction of sp³-hybridized carbons (Fsp3) is 0.125. The molecule has 0 fully saturated rings. The summed E-state index contributed by atoms with van der Waals surface area (Å²) in [6.45, 7) is 2.80. The average Bonchev–Trinajstić information content (AvgIpc) is 2.47. The first-order chi connectivity index (χ1) is 10.8. The topological polar surface area (TPSA) is 98.7 Å². The van der Waals surface area contributed by atoms with Crippen LogP contribution in [0.4, 0.5) is 5.69 Å². The highest BCUT2D eigenvalue weighted by molar-refractivity contribution is 7.90. The summed E-state index contributed by atoms with van der Waals surface area (Å²) in [7, 11) is -3.86. The van der Waals surface area contributed by atoms with Gasteiger partial charge in [0.05, 0.1) is 10.6 Å². The number of sulfonamides is 1. The SMILES string of the molecule is CC(=O)Nc1ccc(S(=O)(=O)N=C2C=CC(=C(C)[O-])C=C2)cc1. The predicted octanol–water partition coefficient (Wildman–Crippen LogP) is 1.53. The van der Waals surface area contributed by atoms with E-state index in [0.29, 0.717) is 11.3 Å². The van der Waals surface area contributed by atoms with Crippen LogP contribution in [-0.2, 0) is 14.8 Å². The van der Waals surface area contributed by atoms with Gasteiger partial charge in [0.2, 0.25) is 5.91 Å². The maximum Gasteiger partial charge on any atom is 0.282 e. The van der Waals surface area contributed by atoms with E-state index in [-0.39, 0.29) is 22.3 Å². The zero-order valence-corrected chi connectivity index (χ0v) is 13.4. The Hall–Kier alpha value is -2.67. The third kappa shape index (κ3) is 4.40. The van der Waals surface area contributed by atoms with Gasteiger partial charge in [-0.15, -0.1) is 5.76 Å². The Morgan fingerprint density at radius 3 is 2.09 bits per heavy atom. The molecule has 0 saturated heterocycles. The Morgan fingerprint density at radius 1 is 1.04 bits per heavy atom. The van der Waals surface area contributed by atoms with E-state index in [1.807, 2.05) is 0 Å². The van der Waals surface area contributed by atoms with Crippen LogP contribution in [0.1, 0.15) is 13.8 Å². The van der Waals surface area contributed by atoms with Gasteiger partial charge in [0.1, 0.15) is 0 Å². The minimum atomic E-state index is -3.86. The van der Waals surface area contributed by atoms with Crippen molar-refractivity contribution in [1.82, 2.24) is 0 Å². The lowest BCUT2D eigenvalue weighted by Crippen LogP contribution is -2.07. The number of nitrogens with zero attached hydrogens (tertiary/aromatic N) is 1. The Bertz CT molecular complexity index is 823. The second-order valence-corrected chi connectivity index (χ2v) is 6.48. The van der Waals surface area contributed by atoms with E-state index >= 15 is 0 Å². The van der Waals surface area contributed by atoms with Gasteiger partial charge in [0, 0.05) is 12.6 Å². The van der Waals surface area contributed by atoms with E-state index in [0.717, 1.165) is 0 Å². The van der Waals surface area contributed by atoms with Gasteiger partial charge < -0.3 is 10.4 Å². The molecular weight excluding hydrogens is 316 g/mol. The minimum Gasteiger partial charge on any atom is -0.875 e. The van der Waals surface area contributed by atoms with Crippen LogP contribution in [0.3, 0.4) is 0 Å². The monoisotopic (exact) mass is 331 g/mol. The molecule has 2 rings (SSSR count). The third-order valence-electron chi connectivity index (χ3n) is 2.97. The van der Waals surface area contributed by atoms with Crippen LogP contribution in [0.25, 0.3) is 0 Å². The molecule has 1 aliphatic rings. The van der Waals surface area contributed by atoms with E-state index in [1.54, 1.807) is 0 Å². The Labute approximate surface area is 134 Å². The molecular formula is C16H15N2O4S-. The van der Waals surface area contributed by atoms with E-state index in [9.17, 15) is 18.3 Å². The molecule has 1 amide bonds. The Balaban J connectivity index is 2.25. The van der Waals surface area contributed by atoms with Crippen LogP contribution in [0.15, 0.2) is 69.2 Å². The number of carbonyl (C=O) groups is 1. The van der Waals surface area contributed by atoms with Gasteiger partial charge in [0.25, 0.3) is 10.0 Å². The van der Waals surface area contributed by atoms with Gasteiger partial charge in [-0.2, -0.15) is 12.8 Å². The van der Waals surface area contributed by atoms with Crippen LogP contribution >= 0.6 is 0 Å². The first-order valence-corrected chi connectivity index (χ1v) is 8.18. The molecule has 0 radical (unpaired) electrons. The summed E-state index contributed by atoms with van der Waals surface area (Å²) in [6.07, 6.45) is 5.99. The first-order valence-electron chi connectivity index (χ1n) is 6.74. The van der Waals surface area contributed by atoms with Gasteiger partial charge in [-0.25, -0.2) is 0 Å². The zero-order chi connectivity index (χ0) is 17.0. The fourth-order valence-electron chi connectivity index (χ4n) is 1.86. The maximum atomic E-state index is 12.2. The lowest BCUT2D eigenvalue weighted by molar-refractivity contribution is -0.302. The van der Waals surface area contributed by atoms with Crippen LogP contribution in [0.5, 0.6) is 0 Å². The number of nitrogens with one attached hydrogen (secondary N) is 1. The summed E-state index contributed by atoms with van der Waals surface area (Å²) in [5.41, 5.74) is 1.23. The van der Waals surface area contributed by atoms with Crippen molar-refractivity contribution in [2.45, 2.75) is 18.7 Å². The highest BCUT2D eigenvalue weighted by atomic mass is 32.2. The van der Waals surface area contributed by atoms with E-state index in [2.05, 4.69) is 9.71 Å². The molecule has 0 bridgehead atoms. The third-order valence-corrected chi connectivity index (χ3v) is 4.29. The molecule has 23 heavy (non-hydrogen) atoms.